The molecule has 2 heterocycles. The predicted octanol–water partition coefficient (Wildman–Crippen LogP) is 3.60. The summed E-state index contributed by atoms with van der Waals surface area (Å²) in [6.07, 6.45) is 12.9. The minimum absolute atomic E-state index is 0.254. The number of hydrogen-bond acceptors (Lipinski definition) is 5. The number of rotatable bonds is 3. The average molecular weight is 388 g/mol. The van der Waals surface area contributed by atoms with Gasteiger partial charge in [0, 0.05) is 31.2 Å². The average Bonchev–Trinajstić information content (AvgIpc) is 3.28. The van der Waals surface area contributed by atoms with Crippen molar-refractivity contribution in [3.63, 3.8) is 0 Å². The van der Waals surface area contributed by atoms with E-state index >= 15 is 0 Å². The SMILES string of the molecule is O=C(O)c1cncn1CC1CCC2(CC1)OOC1(O2)C2CC3CC(C2)CC1C3. The topological polar surface area (TPSA) is 82.8 Å². The molecular weight excluding hydrogens is 360 g/mol. The van der Waals surface area contributed by atoms with Crippen molar-refractivity contribution in [2.24, 2.45) is 29.6 Å². The Morgan fingerprint density at radius 3 is 2.43 bits per heavy atom. The molecule has 28 heavy (non-hydrogen) atoms. The van der Waals surface area contributed by atoms with Crippen LogP contribution in [0, 0.1) is 29.6 Å². The predicted molar refractivity (Wildman–Crippen MR) is 96.9 cm³/mol. The molecule has 0 aromatic carbocycles. The van der Waals surface area contributed by atoms with Crippen LogP contribution in [0.15, 0.2) is 12.5 Å². The largest absolute Gasteiger partial charge is 0.477 e. The molecule has 6 fully saturated rings. The van der Waals surface area contributed by atoms with Gasteiger partial charge in [-0.1, -0.05) is 0 Å². The van der Waals surface area contributed by atoms with Gasteiger partial charge in [0.05, 0.1) is 12.5 Å². The van der Waals surface area contributed by atoms with Gasteiger partial charge in [0.1, 0.15) is 5.69 Å². The Labute approximate surface area is 164 Å². The van der Waals surface area contributed by atoms with Crippen LogP contribution in [0.25, 0.3) is 0 Å². The van der Waals surface area contributed by atoms with E-state index in [1.165, 1.54) is 38.3 Å². The zero-order chi connectivity index (χ0) is 18.9. The summed E-state index contributed by atoms with van der Waals surface area (Å²) in [7, 11) is 0. The Balaban J connectivity index is 1.13. The molecule has 1 saturated heterocycles. The molecule has 1 aliphatic heterocycles. The van der Waals surface area contributed by atoms with E-state index in [2.05, 4.69) is 4.98 Å². The molecule has 6 aliphatic rings. The normalized spacial score (nSPS) is 46.6. The highest BCUT2D eigenvalue weighted by atomic mass is 17.3. The summed E-state index contributed by atoms with van der Waals surface area (Å²) in [5, 5.41) is 9.28. The van der Waals surface area contributed by atoms with E-state index in [1.807, 2.05) is 0 Å². The number of carboxylic acid groups (broad SMARTS) is 1. The van der Waals surface area contributed by atoms with Gasteiger partial charge >= 0.3 is 5.97 Å². The first-order valence-corrected chi connectivity index (χ1v) is 10.9. The minimum atomic E-state index is -0.926. The summed E-state index contributed by atoms with van der Waals surface area (Å²) in [4.78, 5) is 27.4. The molecule has 0 unspecified atom stereocenters. The Kier molecular flexibility index (Phi) is 3.75. The number of aromatic nitrogens is 2. The second kappa shape index (κ2) is 6.03. The van der Waals surface area contributed by atoms with Crippen molar-refractivity contribution in [3.05, 3.63) is 18.2 Å². The number of imidazole rings is 1. The number of carbonyl (C=O) groups is 1. The summed E-state index contributed by atoms with van der Waals surface area (Å²) in [5.41, 5.74) is 0.254. The highest BCUT2D eigenvalue weighted by Gasteiger charge is 2.66. The first-order valence-electron chi connectivity index (χ1n) is 10.9. The first-order chi connectivity index (χ1) is 13.6. The van der Waals surface area contributed by atoms with Crippen LogP contribution < -0.4 is 0 Å². The molecule has 7 nitrogen and oxygen atoms in total. The summed E-state index contributed by atoms with van der Waals surface area (Å²) >= 11 is 0. The lowest BCUT2D eigenvalue weighted by Gasteiger charge is -2.57. The van der Waals surface area contributed by atoms with Crippen molar-refractivity contribution in [3.8, 4) is 0 Å². The summed E-state index contributed by atoms with van der Waals surface area (Å²) in [6.45, 7) is 0.679. The van der Waals surface area contributed by atoms with E-state index in [0.29, 0.717) is 24.3 Å². The molecule has 7 heteroatoms. The first kappa shape index (κ1) is 17.4. The monoisotopic (exact) mass is 388 g/mol. The fourth-order valence-electron chi connectivity index (χ4n) is 7.02. The van der Waals surface area contributed by atoms with Crippen LogP contribution in [0.3, 0.4) is 0 Å². The van der Waals surface area contributed by atoms with Crippen LogP contribution in [-0.4, -0.2) is 32.2 Å². The molecule has 152 valence electrons. The van der Waals surface area contributed by atoms with Crippen molar-refractivity contribution in [1.29, 1.82) is 0 Å². The zero-order valence-electron chi connectivity index (χ0n) is 16.1. The lowest BCUT2D eigenvalue weighted by molar-refractivity contribution is -0.390. The molecule has 5 aliphatic carbocycles. The standard InChI is InChI=1S/C21H28N2O5/c24-19(25)18-10-22-12-23(18)11-13-1-3-20(4-2-13)26-21(28-27-20)16-6-14-5-15(8-16)9-17(21)7-14/h10,12-17H,1-9,11H2,(H,24,25). The van der Waals surface area contributed by atoms with Gasteiger partial charge < -0.3 is 14.4 Å². The van der Waals surface area contributed by atoms with Gasteiger partial charge in [-0.25, -0.2) is 9.78 Å². The van der Waals surface area contributed by atoms with Crippen molar-refractivity contribution in [2.75, 3.05) is 0 Å². The van der Waals surface area contributed by atoms with Crippen LogP contribution in [0.1, 0.15) is 68.3 Å². The second-order valence-corrected chi connectivity index (χ2v) is 9.88. The van der Waals surface area contributed by atoms with Gasteiger partial charge in [-0.3, -0.25) is 0 Å². The Morgan fingerprint density at radius 1 is 1.11 bits per heavy atom. The van der Waals surface area contributed by atoms with Crippen molar-refractivity contribution >= 4 is 5.97 Å². The van der Waals surface area contributed by atoms with E-state index in [0.717, 1.165) is 37.5 Å². The third-order valence-electron chi connectivity index (χ3n) is 8.20. The highest BCUT2D eigenvalue weighted by molar-refractivity contribution is 5.85. The lowest BCUT2D eigenvalue weighted by atomic mass is 9.53. The number of carboxylic acids is 1. The molecule has 7 rings (SSSR count). The molecule has 1 aromatic rings. The third kappa shape index (κ3) is 2.52. The van der Waals surface area contributed by atoms with Gasteiger partial charge in [0.2, 0.25) is 11.6 Å². The molecule has 0 amide bonds. The van der Waals surface area contributed by atoms with E-state index in [4.69, 9.17) is 14.5 Å². The third-order valence-corrected chi connectivity index (χ3v) is 8.20. The number of nitrogens with zero attached hydrogens (tertiary/aromatic N) is 2. The van der Waals surface area contributed by atoms with Gasteiger partial charge in [-0.05, 0) is 62.7 Å². The maximum absolute atomic E-state index is 11.3. The van der Waals surface area contributed by atoms with E-state index in [1.54, 1.807) is 10.9 Å². The van der Waals surface area contributed by atoms with Crippen LogP contribution in [0.2, 0.25) is 0 Å². The number of hydrogen-bond donors (Lipinski definition) is 1. The lowest BCUT2D eigenvalue weighted by Crippen LogP contribution is -2.59. The fraction of sp³-hybridized carbons (Fsp3) is 0.810. The van der Waals surface area contributed by atoms with Crippen LogP contribution in [-0.2, 0) is 21.1 Å². The summed E-state index contributed by atoms with van der Waals surface area (Å²) < 4.78 is 8.49. The van der Waals surface area contributed by atoms with Crippen LogP contribution in [0.5, 0.6) is 0 Å². The maximum atomic E-state index is 11.3. The molecular formula is C21H28N2O5. The molecule has 4 bridgehead atoms. The van der Waals surface area contributed by atoms with Crippen LogP contribution in [0.4, 0.5) is 0 Å². The van der Waals surface area contributed by atoms with Gasteiger partial charge in [-0.15, -0.1) is 0 Å². The number of aromatic carboxylic acids is 1. The molecule has 2 spiro atoms. The smallest absolute Gasteiger partial charge is 0.354 e. The van der Waals surface area contributed by atoms with Crippen LogP contribution >= 0.6 is 0 Å². The molecule has 5 saturated carbocycles. The zero-order valence-corrected chi connectivity index (χ0v) is 16.1. The molecule has 1 aromatic heterocycles. The molecule has 1 N–H and O–H groups in total. The quantitative estimate of drug-likeness (QED) is 0.797. The molecule has 0 radical (unpaired) electrons. The fourth-order valence-corrected chi connectivity index (χ4v) is 7.02. The van der Waals surface area contributed by atoms with E-state index in [9.17, 15) is 9.90 Å². The highest BCUT2D eigenvalue weighted by Crippen LogP contribution is 2.63. The summed E-state index contributed by atoms with van der Waals surface area (Å²) in [5.74, 6) is 1.09. The van der Waals surface area contributed by atoms with Crippen molar-refractivity contribution < 1.29 is 24.4 Å². The van der Waals surface area contributed by atoms with Gasteiger partial charge in [0.15, 0.2) is 0 Å². The van der Waals surface area contributed by atoms with Crippen molar-refractivity contribution in [2.45, 2.75) is 75.9 Å². The Morgan fingerprint density at radius 2 is 1.79 bits per heavy atom. The van der Waals surface area contributed by atoms with E-state index < -0.39 is 17.5 Å². The number of ether oxygens (including phenoxy) is 1. The van der Waals surface area contributed by atoms with Gasteiger partial charge in [0.25, 0.3) is 0 Å². The molecule has 0 atom stereocenters. The Bertz CT molecular complexity index is 754. The second-order valence-electron chi connectivity index (χ2n) is 9.88. The van der Waals surface area contributed by atoms with Crippen molar-refractivity contribution in [1.82, 2.24) is 9.55 Å². The van der Waals surface area contributed by atoms with Gasteiger partial charge in [-0.2, -0.15) is 9.78 Å². The van der Waals surface area contributed by atoms with E-state index in [-0.39, 0.29) is 5.69 Å². The Hall–Kier alpha value is -1.44. The maximum Gasteiger partial charge on any atom is 0.354 e. The summed E-state index contributed by atoms with van der Waals surface area (Å²) in [6, 6.07) is 0. The minimum Gasteiger partial charge on any atom is -0.477 e.